The number of anilines is 2. The van der Waals surface area contributed by atoms with E-state index in [4.69, 9.17) is 11.6 Å². The summed E-state index contributed by atoms with van der Waals surface area (Å²) >= 11 is 6.48. The molecule has 0 spiro atoms. The fraction of sp³-hybridized carbons (Fsp3) is 0.350. The van der Waals surface area contributed by atoms with Gasteiger partial charge in [0.05, 0.1) is 21.8 Å². The minimum absolute atomic E-state index is 0.0447. The standard InChI is InChI=1S/C20H23ClN4O2/c1-13-11-20(2,3)24(4)19-10-18(21)14(9-17(13)19)12-22-23-15-5-7-16(8-6-15)25(26)27/h5-10,12-13,23H,11H2,1-4H3/b22-12+. The third kappa shape index (κ3) is 3.90. The Morgan fingerprint density at radius 2 is 2.00 bits per heavy atom. The molecule has 6 nitrogen and oxygen atoms in total. The largest absolute Gasteiger partial charge is 0.369 e. The Balaban J connectivity index is 1.81. The monoisotopic (exact) mass is 386 g/mol. The number of non-ortho nitro benzene ring substituents is 1. The number of hydrogen-bond acceptors (Lipinski definition) is 5. The first-order valence-corrected chi connectivity index (χ1v) is 9.17. The van der Waals surface area contributed by atoms with Gasteiger partial charge in [0.1, 0.15) is 0 Å². The zero-order chi connectivity index (χ0) is 19.8. The predicted molar refractivity (Wildman–Crippen MR) is 111 cm³/mol. The lowest BCUT2D eigenvalue weighted by Gasteiger charge is -2.45. The van der Waals surface area contributed by atoms with Gasteiger partial charge in [0.25, 0.3) is 5.69 Å². The number of benzene rings is 2. The molecule has 27 heavy (non-hydrogen) atoms. The number of nitro groups is 1. The fourth-order valence-electron chi connectivity index (χ4n) is 3.54. The molecule has 7 heteroatoms. The first-order valence-electron chi connectivity index (χ1n) is 8.80. The molecule has 1 heterocycles. The van der Waals surface area contributed by atoms with Gasteiger partial charge in [-0.3, -0.25) is 15.5 Å². The molecule has 0 aliphatic carbocycles. The van der Waals surface area contributed by atoms with E-state index in [-0.39, 0.29) is 11.2 Å². The molecule has 0 aromatic heterocycles. The minimum Gasteiger partial charge on any atom is -0.369 e. The normalized spacial score (nSPS) is 18.4. The Bertz CT molecular complexity index is 894. The first-order chi connectivity index (χ1) is 12.7. The lowest BCUT2D eigenvalue weighted by Crippen LogP contribution is -2.45. The van der Waals surface area contributed by atoms with Gasteiger partial charge in [0.15, 0.2) is 0 Å². The lowest BCUT2D eigenvalue weighted by molar-refractivity contribution is -0.384. The number of hydrazone groups is 1. The van der Waals surface area contributed by atoms with Crippen LogP contribution in [0.2, 0.25) is 5.02 Å². The van der Waals surface area contributed by atoms with Crippen LogP contribution in [-0.2, 0) is 0 Å². The van der Waals surface area contributed by atoms with Crippen LogP contribution >= 0.6 is 11.6 Å². The van der Waals surface area contributed by atoms with Crippen LogP contribution in [0.4, 0.5) is 17.1 Å². The van der Waals surface area contributed by atoms with Crippen LogP contribution in [0.3, 0.4) is 0 Å². The fourth-order valence-corrected chi connectivity index (χ4v) is 3.74. The molecule has 3 rings (SSSR count). The van der Waals surface area contributed by atoms with Crippen molar-refractivity contribution in [3.05, 3.63) is 62.7 Å². The maximum Gasteiger partial charge on any atom is 0.269 e. The van der Waals surface area contributed by atoms with E-state index < -0.39 is 4.92 Å². The van der Waals surface area contributed by atoms with Crippen molar-refractivity contribution in [1.82, 2.24) is 0 Å². The van der Waals surface area contributed by atoms with E-state index in [0.717, 1.165) is 17.7 Å². The van der Waals surface area contributed by atoms with E-state index >= 15 is 0 Å². The van der Waals surface area contributed by atoms with Crippen molar-refractivity contribution in [3.8, 4) is 0 Å². The highest BCUT2D eigenvalue weighted by molar-refractivity contribution is 6.33. The third-order valence-corrected chi connectivity index (χ3v) is 5.55. The van der Waals surface area contributed by atoms with Gasteiger partial charge < -0.3 is 4.90 Å². The number of nitrogens with zero attached hydrogens (tertiary/aromatic N) is 3. The maximum absolute atomic E-state index is 10.7. The van der Waals surface area contributed by atoms with Gasteiger partial charge in [-0.15, -0.1) is 0 Å². The first kappa shape index (κ1) is 19.2. The molecule has 0 fully saturated rings. The highest BCUT2D eigenvalue weighted by Crippen LogP contribution is 2.44. The smallest absolute Gasteiger partial charge is 0.269 e. The van der Waals surface area contributed by atoms with Gasteiger partial charge in [0, 0.05) is 36.0 Å². The highest BCUT2D eigenvalue weighted by Gasteiger charge is 2.34. The highest BCUT2D eigenvalue weighted by atomic mass is 35.5. The Labute approximate surface area is 164 Å². The number of fused-ring (bicyclic) bond motifs is 1. The molecular weight excluding hydrogens is 364 g/mol. The van der Waals surface area contributed by atoms with Crippen molar-refractivity contribution in [1.29, 1.82) is 0 Å². The molecule has 0 radical (unpaired) electrons. The molecule has 1 aliphatic rings. The third-order valence-electron chi connectivity index (χ3n) is 5.23. The summed E-state index contributed by atoms with van der Waals surface area (Å²) < 4.78 is 0. The lowest BCUT2D eigenvalue weighted by atomic mass is 9.80. The zero-order valence-electron chi connectivity index (χ0n) is 15.9. The average Bonchev–Trinajstić information content (AvgIpc) is 2.61. The molecule has 142 valence electrons. The van der Waals surface area contributed by atoms with Crippen LogP contribution in [-0.4, -0.2) is 23.7 Å². The number of rotatable bonds is 4. The number of halogens is 1. The summed E-state index contributed by atoms with van der Waals surface area (Å²) in [5, 5.41) is 15.6. The van der Waals surface area contributed by atoms with Crippen LogP contribution < -0.4 is 10.3 Å². The zero-order valence-corrected chi connectivity index (χ0v) is 16.6. The van der Waals surface area contributed by atoms with E-state index in [2.05, 4.69) is 49.3 Å². The second kappa shape index (κ2) is 7.19. The predicted octanol–water partition coefficient (Wildman–Crippen LogP) is 5.42. The molecule has 0 bridgehead atoms. The molecular formula is C20H23ClN4O2. The van der Waals surface area contributed by atoms with Gasteiger partial charge in [-0.2, -0.15) is 5.10 Å². The van der Waals surface area contributed by atoms with Crippen molar-refractivity contribution in [2.75, 3.05) is 17.4 Å². The number of nitro benzene ring substituents is 1. The van der Waals surface area contributed by atoms with Crippen LogP contribution in [0.15, 0.2) is 41.5 Å². The van der Waals surface area contributed by atoms with Crippen molar-refractivity contribution in [2.45, 2.75) is 38.6 Å². The quantitative estimate of drug-likeness (QED) is 0.433. The molecule has 0 amide bonds. The molecule has 2 aromatic rings. The van der Waals surface area contributed by atoms with Crippen molar-refractivity contribution in [2.24, 2.45) is 5.10 Å². The van der Waals surface area contributed by atoms with Gasteiger partial charge in [0.2, 0.25) is 0 Å². The summed E-state index contributed by atoms with van der Waals surface area (Å²) in [5.41, 5.74) is 6.93. The topological polar surface area (TPSA) is 70.8 Å². The molecule has 1 unspecified atom stereocenters. The summed E-state index contributed by atoms with van der Waals surface area (Å²) in [4.78, 5) is 12.5. The van der Waals surface area contributed by atoms with E-state index in [1.807, 2.05) is 6.07 Å². The number of nitrogens with one attached hydrogen (secondary N) is 1. The Morgan fingerprint density at radius 1 is 1.33 bits per heavy atom. The van der Waals surface area contributed by atoms with E-state index in [1.165, 1.54) is 17.7 Å². The molecule has 1 N–H and O–H groups in total. The van der Waals surface area contributed by atoms with E-state index in [9.17, 15) is 10.1 Å². The second-order valence-corrected chi connectivity index (χ2v) is 7.99. The van der Waals surface area contributed by atoms with Crippen LogP contribution in [0.1, 0.15) is 44.2 Å². The Morgan fingerprint density at radius 3 is 2.63 bits per heavy atom. The van der Waals surface area contributed by atoms with Crippen LogP contribution in [0, 0.1) is 10.1 Å². The van der Waals surface area contributed by atoms with Gasteiger partial charge in [-0.05, 0) is 56.0 Å². The minimum atomic E-state index is -0.431. The Kier molecular flexibility index (Phi) is 5.11. The van der Waals surface area contributed by atoms with Crippen molar-refractivity contribution < 1.29 is 4.92 Å². The number of hydrogen-bond donors (Lipinski definition) is 1. The van der Waals surface area contributed by atoms with Crippen molar-refractivity contribution >= 4 is 34.9 Å². The maximum atomic E-state index is 10.7. The second-order valence-electron chi connectivity index (χ2n) is 7.58. The van der Waals surface area contributed by atoms with Crippen LogP contribution in [0.5, 0.6) is 0 Å². The molecule has 0 saturated heterocycles. The summed E-state index contributed by atoms with van der Waals surface area (Å²) in [6.45, 7) is 6.71. The summed E-state index contributed by atoms with van der Waals surface area (Å²) in [6.07, 6.45) is 2.74. The summed E-state index contributed by atoms with van der Waals surface area (Å²) in [7, 11) is 2.10. The summed E-state index contributed by atoms with van der Waals surface area (Å²) in [5.74, 6) is 0.429. The van der Waals surface area contributed by atoms with Gasteiger partial charge in [-0.1, -0.05) is 18.5 Å². The van der Waals surface area contributed by atoms with E-state index in [1.54, 1.807) is 18.3 Å². The summed E-state index contributed by atoms with van der Waals surface area (Å²) in [6, 6.07) is 10.2. The average molecular weight is 387 g/mol. The van der Waals surface area contributed by atoms with Crippen molar-refractivity contribution in [3.63, 3.8) is 0 Å². The van der Waals surface area contributed by atoms with Gasteiger partial charge in [-0.25, -0.2) is 0 Å². The Hall–Kier alpha value is -2.60. The SMILES string of the molecule is CC1CC(C)(C)N(C)c2cc(Cl)c(/C=N/Nc3ccc([N+](=O)[O-])cc3)cc21. The molecule has 2 aromatic carbocycles. The molecule has 1 atom stereocenters. The molecule has 0 saturated carbocycles. The van der Waals surface area contributed by atoms with Crippen LogP contribution in [0.25, 0.3) is 0 Å². The molecule has 1 aliphatic heterocycles. The van der Waals surface area contributed by atoms with Gasteiger partial charge >= 0.3 is 0 Å². The van der Waals surface area contributed by atoms with E-state index in [0.29, 0.717) is 16.6 Å².